The molecule has 0 aliphatic heterocycles. The van der Waals surface area contributed by atoms with Crippen LogP contribution < -0.4 is 5.32 Å². The summed E-state index contributed by atoms with van der Waals surface area (Å²) < 4.78 is 39.2. The van der Waals surface area contributed by atoms with Gasteiger partial charge in [0.1, 0.15) is 0 Å². The van der Waals surface area contributed by atoms with Crippen LogP contribution in [0.15, 0.2) is 12.1 Å². The van der Waals surface area contributed by atoms with E-state index in [9.17, 15) is 18.0 Å². The number of nitrogens with one attached hydrogen (secondary N) is 1. The van der Waals surface area contributed by atoms with Gasteiger partial charge in [0.05, 0.1) is 12.1 Å². The molecule has 0 saturated carbocycles. The molecule has 1 aromatic carbocycles. The van der Waals surface area contributed by atoms with Crippen LogP contribution in [0.5, 0.6) is 0 Å². The molecule has 0 bridgehead atoms. The Balaban J connectivity index is 2.68. The lowest BCUT2D eigenvalue weighted by Crippen LogP contribution is -2.39. The number of halogens is 3. The molecule has 4 nitrogen and oxygen atoms in total. The molecule has 0 aliphatic rings. The van der Waals surface area contributed by atoms with Crippen LogP contribution in [-0.4, -0.2) is 35.7 Å². The van der Waals surface area contributed by atoms with E-state index >= 15 is 0 Å². The Hall–Kier alpha value is -1.76. The second-order valence-corrected chi connectivity index (χ2v) is 5.03. The summed E-state index contributed by atoms with van der Waals surface area (Å²) in [6.45, 7) is 3.48. The Bertz CT molecular complexity index is 486. The van der Waals surface area contributed by atoms with E-state index in [-0.39, 0.29) is 5.56 Å². The minimum atomic E-state index is -1.54. The van der Waals surface area contributed by atoms with Crippen molar-refractivity contribution >= 4 is 6.03 Å². The lowest BCUT2D eigenvalue weighted by Gasteiger charge is -2.22. The maximum absolute atomic E-state index is 13.1. The molecule has 2 atom stereocenters. The maximum atomic E-state index is 13.1. The standard InChI is InChI=1S/C14H19F3N2O2/c1-8(20)4-5-19(3)14(21)18-9(2)10-6-11(15)13(17)12(16)7-10/h6-9,20H,4-5H2,1-3H3,(H,18,21)/t8-,9+/m0/s1. The number of hydrogen-bond acceptors (Lipinski definition) is 2. The number of urea groups is 1. The van der Waals surface area contributed by atoms with Crippen molar-refractivity contribution in [3.63, 3.8) is 0 Å². The molecule has 0 unspecified atom stereocenters. The van der Waals surface area contributed by atoms with Crippen molar-refractivity contribution in [2.24, 2.45) is 0 Å². The van der Waals surface area contributed by atoms with Crippen LogP contribution in [-0.2, 0) is 0 Å². The maximum Gasteiger partial charge on any atom is 0.317 e. The van der Waals surface area contributed by atoms with Crippen LogP contribution >= 0.6 is 0 Å². The number of carbonyl (C=O) groups is 1. The Morgan fingerprint density at radius 1 is 1.29 bits per heavy atom. The van der Waals surface area contributed by atoms with Gasteiger partial charge in [-0.05, 0) is 38.0 Å². The quantitative estimate of drug-likeness (QED) is 0.822. The van der Waals surface area contributed by atoms with Crippen LogP contribution in [0.1, 0.15) is 31.9 Å². The van der Waals surface area contributed by atoms with Gasteiger partial charge in [-0.15, -0.1) is 0 Å². The second kappa shape index (κ2) is 7.31. The fourth-order valence-electron chi connectivity index (χ4n) is 1.69. The topological polar surface area (TPSA) is 52.6 Å². The molecule has 0 fully saturated rings. The van der Waals surface area contributed by atoms with Crippen molar-refractivity contribution in [3.8, 4) is 0 Å². The smallest absolute Gasteiger partial charge is 0.317 e. The minimum Gasteiger partial charge on any atom is -0.393 e. The summed E-state index contributed by atoms with van der Waals surface area (Å²) in [5.74, 6) is -4.13. The predicted octanol–water partition coefficient (Wildman–Crippen LogP) is 2.58. The molecule has 2 N–H and O–H groups in total. The lowest BCUT2D eigenvalue weighted by molar-refractivity contribution is 0.162. The summed E-state index contributed by atoms with van der Waals surface area (Å²) in [5.41, 5.74) is 0.128. The van der Waals surface area contributed by atoms with E-state index in [1.54, 1.807) is 6.92 Å². The van der Waals surface area contributed by atoms with Gasteiger partial charge in [-0.3, -0.25) is 0 Å². The minimum absolute atomic E-state index is 0.128. The van der Waals surface area contributed by atoms with E-state index in [2.05, 4.69) is 5.32 Å². The zero-order valence-corrected chi connectivity index (χ0v) is 12.2. The van der Waals surface area contributed by atoms with Crippen molar-refractivity contribution < 1.29 is 23.1 Å². The average molecular weight is 304 g/mol. The second-order valence-electron chi connectivity index (χ2n) is 5.03. The van der Waals surface area contributed by atoms with Crippen molar-refractivity contribution in [2.75, 3.05) is 13.6 Å². The first-order valence-electron chi connectivity index (χ1n) is 6.56. The van der Waals surface area contributed by atoms with Gasteiger partial charge in [0.15, 0.2) is 17.5 Å². The van der Waals surface area contributed by atoms with Crippen LogP contribution in [0.3, 0.4) is 0 Å². The van der Waals surface area contributed by atoms with Crippen LogP contribution in [0, 0.1) is 17.5 Å². The first kappa shape index (κ1) is 17.3. The van der Waals surface area contributed by atoms with E-state index < -0.39 is 35.6 Å². The van der Waals surface area contributed by atoms with Crippen LogP contribution in [0.2, 0.25) is 0 Å². The number of carbonyl (C=O) groups excluding carboxylic acids is 1. The van der Waals surface area contributed by atoms with E-state index in [4.69, 9.17) is 5.11 Å². The van der Waals surface area contributed by atoms with E-state index in [1.165, 1.54) is 18.9 Å². The van der Waals surface area contributed by atoms with Gasteiger partial charge in [0.25, 0.3) is 0 Å². The number of aliphatic hydroxyl groups excluding tert-OH is 1. The predicted molar refractivity (Wildman–Crippen MR) is 72.2 cm³/mol. The molecule has 1 aromatic rings. The molecule has 7 heteroatoms. The molecular formula is C14H19F3N2O2. The summed E-state index contributed by atoms with van der Waals surface area (Å²) in [7, 11) is 1.54. The van der Waals surface area contributed by atoms with Gasteiger partial charge in [-0.1, -0.05) is 0 Å². The molecule has 118 valence electrons. The first-order valence-corrected chi connectivity index (χ1v) is 6.56. The normalized spacial score (nSPS) is 13.7. The largest absolute Gasteiger partial charge is 0.393 e. The summed E-state index contributed by atoms with van der Waals surface area (Å²) >= 11 is 0. The first-order chi connectivity index (χ1) is 9.72. The van der Waals surface area contributed by atoms with Gasteiger partial charge in [-0.25, -0.2) is 18.0 Å². The Morgan fingerprint density at radius 2 is 1.81 bits per heavy atom. The molecule has 1 rings (SSSR count). The lowest BCUT2D eigenvalue weighted by atomic mass is 10.1. The van der Waals surface area contributed by atoms with E-state index in [0.717, 1.165) is 12.1 Å². The molecule has 0 radical (unpaired) electrons. The fraction of sp³-hybridized carbons (Fsp3) is 0.500. The average Bonchev–Trinajstić information content (AvgIpc) is 2.41. The van der Waals surface area contributed by atoms with Gasteiger partial charge in [-0.2, -0.15) is 0 Å². The highest BCUT2D eigenvalue weighted by Crippen LogP contribution is 2.19. The number of nitrogens with zero attached hydrogens (tertiary/aromatic N) is 1. The Labute approximate surface area is 121 Å². The molecule has 0 saturated heterocycles. The number of aliphatic hydroxyl groups is 1. The van der Waals surface area contributed by atoms with Crippen molar-refractivity contribution in [1.82, 2.24) is 10.2 Å². The number of benzene rings is 1. The van der Waals surface area contributed by atoms with Crippen molar-refractivity contribution in [2.45, 2.75) is 32.4 Å². The molecule has 21 heavy (non-hydrogen) atoms. The number of hydrogen-bond donors (Lipinski definition) is 2. The summed E-state index contributed by atoms with van der Waals surface area (Å²) in [6, 6.07) is 0.558. The number of rotatable bonds is 5. The molecule has 0 aliphatic carbocycles. The van der Waals surface area contributed by atoms with Gasteiger partial charge in [0, 0.05) is 13.6 Å². The summed E-state index contributed by atoms with van der Waals surface area (Å²) in [4.78, 5) is 13.2. The van der Waals surface area contributed by atoms with Crippen LogP contribution in [0.25, 0.3) is 0 Å². The van der Waals surface area contributed by atoms with E-state index in [0.29, 0.717) is 13.0 Å². The fourth-order valence-corrected chi connectivity index (χ4v) is 1.69. The SMILES string of the molecule is C[C@H](O)CCN(C)C(=O)N[C@H](C)c1cc(F)c(F)c(F)c1. The van der Waals surface area contributed by atoms with Crippen molar-refractivity contribution in [1.29, 1.82) is 0 Å². The summed E-state index contributed by atoms with van der Waals surface area (Å²) in [5, 5.41) is 11.7. The third-order valence-electron chi connectivity index (χ3n) is 3.08. The third-order valence-corrected chi connectivity index (χ3v) is 3.08. The Kier molecular flexibility index (Phi) is 6.02. The highest BCUT2D eigenvalue weighted by Gasteiger charge is 2.17. The zero-order chi connectivity index (χ0) is 16.2. The highest BCUT2D eigenvalue weighted by atomic mass is 19.2. The molecule has 0 aromatic heterocycles. The third kappa shape index (κ3) is 4.93. The molecular weight excluding hydrogens is 285 g/mol. The van der Waals surface area contributed by atoms with Gasteiger partial charge >= 0.3 is 6.03 Å². The van der Waals surface area contributed by atoms with E-state index in [1.807, 2.05) is 0 Å². The highest BCUT2D eigenvalue weighted by molar-refractivity contribution is 5.74. The van der Waals surface area contributed by atoms with Gasteiger partial charge < -0.3 is 15.3 Å². The molecule has 0 spiro atoms. The monoisotopic (exact) mass is 304 g/mol. The zero-order valence-electron chi connectivity index (χ0n) is 12.2. The Morgan fingerprint density at radius 3 is 2.29 bits per heavy atom. The summed E-state index contributed by atoms with van der Waals surface area (Å²) in [6.07, 6.45) is -0.115. The van der Waals surface area contributed by atoms with Crippen molar-refractivity contribution in [3.05, 3.63) is 35.1 Å². The number of amides is 2. The molecule has 0 heterocycles. The van der Waals surface area contributed by atoms with Crippen LogP contribution in [0.4, 0.5) is 18.0 Å². The van der Waals surface area contributed by atoms with Gasteiger partial charge in [0.2, 0.25) is 0 Å². The molecule has 2 amide bonds.